The van der Waals surface area contributed by atoms with E-state index in [0.717, 1.165) is 6.07 Å². The largest absolute Gasteiger partial charge is 0.418 e. The SMILES string of the molecule is Nc1ccc(NC2CCS(=O)CC2)cc1C(F)(F)F. The Morgan fingerprint density at radius 3 is 2.47 bits per heavy atom. The van der Waals surface area contributed by atoms with Crippen LogP contribution in [-0.4, -0.2) is 21.8 Å². The zero-order chi connectivity index (χ0) is 14.0. The van der Waals surface area contributed by atoms with E-state index in [-0.39, 0.29) is 11.7 Å². The van der Waals surface area contributed by atoms with Crippen molar-refractivity contribution >= 4 is 22.2 Å². The molecule has 19 heavy (non-hydrogen) atoms. The number of anilines is 2. The maximum Gasteiger partial charge on any atom is 0.418 e. The number of nitrogens with two attached hydrogens (primary N) is 1. The minimum atomic E-state index is -4.45. The predicted molar refractivity (Wildman–Crippen MR) is 70.4 cm³/mol. The van der Waals surface area contributed by atoms with E-state index in [1.807, 2.05) is 0 Å². The van der Waals surface area contributed by atoms with Crippen LogP contribution >= 0.6 is 0 Å². The minimum Gasteiger partial charge on any atom is -0.398 e. The van der Waals surface area contributed by atoms with Crippen molar-refractivity contribution in [3.63, 3.8) is 0 Å². The topological polar surface area (TPSA) is 55.1 Å². The van der Waals surface area contributed by atoms with Crippen LogP contribution in [-0.2, 0) is 17.0 Å². The van der Waals surface area contributed by atoms with Crippen LogP contribution in [0.4, 0.5) is 24.5 Å². The molecule has 0 aromatic heterocycles. The van der Waals surface area contributed by atoms with E-state index in [1.54, 1.807) is 0 Å². The zero-order valence-corrected chi connectivity index (χ0v) is 11.0. The van der Waals surface area contributed by atoms with Gasteiger partial charge in [0.15, 0.2) is 0 Å². The highest BCUT2D eigenvalue weighted by Gasteiger charge is 2.33. The van der Waals surface area contributed by atoms with Crippen molar-refractivity contribution in [1.29, 1.82) is 0 Å². The highest BCUT2D eigenvalue weighted by molar-refractivity contribution is 7.85. The summed E-state index contributed by atoms with van der Waals surface area (Å²) in [5.41, 5.74) is 4.64. The second-order valence-electron chi connectivity index (χ2n) is 4.57. The van der Waals surface area contributed by atoms with Crippen LogP contribution in [0.5, 0.6) is 0 Å². The van der Waals surface area contributed by atoms with Gasteiger partial charge in [-0.1, -0.05) is 0 Å². The summed E-state index contributed by atoms with van der Waals surface area (Å²) < 4.78 is 49.3. The molecular formula is C12H15F3N2OS. The van der Waals surface area contributed by atoms with E-state index >= 15 is 0 Å². The van der Waals surface area contributed by atoms with E-state index in [1.165, 1.54) is 12.1 Å². The summed E-state index contributed by atoms with van der Waals surface area (Å²) in [5.74, 6) is 1.19. The molecule has 2 rings (SSSR count). The molecule has 3 N–H and O–H groups in total. The molecule has 3 nitrogen and oxygen atoms in total. The third kappa shape index (κ3) is 3.62. The van der Waals surface area contributed by atoms with Crippen molar-refractivity contribution in [2.75, 3.05) is 22.6 Å². The van der Waals surface area contributed by atoms with E-state index in [9.17, 15) is 17.4 Å². The molecule has 0 aliphatic carbocycles. The van der Waals surface area contributed by atoms with E-state index < -0.39 is 22.5 Å². The summed E-state index contributed by atoms with van der Waals surface area (Å²) >= 11 is 0. The number of rotatable bonds is 2. The molecule has 0 saturated carbocycles. The van der Waals surface area contributed by atoms with Crippen molar-refractivity contribution in [1.82, 2.24) is 0 Å². The smallest absolute Gasteiger partial charge is 0.398 e. The first-order valence-electron chi connectivity index (χ1n) is 5.94. The Labute approximate surface area is 111 Å². The molecule has 1 heterocycles. The van der Waals surface area contributed by atoms with Gasteiger partial charge in [-0.15, -0.1) is 0 Å². The van der Waals surface area contributed by atoms with Crippen LogP contribution < -0.4 is 11.1 Å². The Morgan fingerprint density at radius 2 is 1.89 bits per heavy atom. The Hall–Kier alpha value is -1.24. The van der Waals surface area contributed by atoms with Gasteiger partial charge in [0.25, 0.3) is 0 Å². The first-order chi connectivity index (χ1) is 8.86. The predicted octanol–water partition coefficient (Wildman–Crippen LogP) is 2.61. The molecule has 1 fully saturated rings. The van der Waals surface area contributed by atoms with Gasteiger partial charge in [0.05, 0.1) is 5.56 Å². The molecule has 0 radical (unpaired) electrons. The lowest BCUT2D eigenvalue weighted by atomic mass is 10.1. The van der Waals surface area contributed by atoms with Gasteiger partial charge < -0.3 is 11.1 Å². The number of hydrogen-bond acceptors (Lipinski definition) is 3. The first kappa shape index (κ1) is 14.2. The van der Waals surface area contributed by atoms with Crippen molar-refractivity contribution in [2.24, 2.45) is 0 Å². The van der Waals surface area contributed by atoms with Gasteiger partial charge in [-0.25, -0.2) is 0 Å². The van der Waals surface area contributed by atoms with Crippen LogP contribution in [0.15, 0.2) is 18.2 Å². The molecule has 1 aromatic carbocycles. The highest BCUT2D eigenvalue weighted by atomic mass is 32.2. The summed E-state index contributed by atoms with van der Waals surface area (Å²) in [7, 11) is -0.781. The minimum absolute atomic E-state index is 0.0717. The van der Waals surface area contributed by atoms with Gasteiger partial charge in [0, 0.05) is 39.7 Å². The Morgan fingerprint density at radius 1 is 1.26 bits per heavy atom. The third-order valence-corrected chi connectivity index (χ3v) is 4.50. The maximum absolute atomic E-state index is 12.7. The number of hydrogen-bond donors (Lipinski definition) is 2. The second kappa shape index (κ2) is 5.40. The quantitative estimate of drug-likeness (QED) is 0.824. The summed E-state index contributed by atoms with van der Waals surface area (Å²) in [4.78, 5) is 0. The zero-order valence-electron chi connectivity index (χ0n) is 10.2. The van der Waals surface area contributed by atoms with Crippen LogP contribution in [0.3, 0.4) is 0 Å². The number of alkyl halides is 3. The summed E-state index contributed by atoms with van der Waals surface area (Å²) in [5, 5.41) is 3.05. The number of nitrogen functional groups attached to an aromatic ring is 1. The first-order valence-corrected chi connectivity index (χ1v) is 7.43. The Bertz CT molecular complexity index is 480. The lowest BCUT2D eigenvalue weighted by molar-refractivity contribution is -0.136. The average molecular weight is 292 g/mol. The molecule has 0 bridgehead atoms. The fourth-order valence-corrected chi connectivity index (χ4v) is 3.36. The molecule has 7 heteroatoms. The third-order valence-electron chi connectivity index (χ3n) is 3.12. The lowest BCUT2D eigenvalue weighted by Gasteiger charge is -2.24. The number of halogens is 3. The van der Waals surface area contributed by atoms with E-state index in [4.69, 9.17) is 5.73 Å². The monoisotopic (exact) mass is 292 g/mol. The van der Waals surface area contributed by atoms with Crippen molar-refractivity contribution in [3.05, 3.63) is 23.8 Å². The Kier molecular flexibility index (Phi) is 4.03. The lowest BCUT2D eigenvalue weighted by Crippen LogP contribution is -2.29. The van der Waals surface area contributed by atoms with Gasteiger partial charge in [0.2, 0.25) is 0 Å². The molecule has 0 amide bonds. The summed E-state index contributed by atoms with van der Waals surface area (Å²) in [6.45, 7) is 0. The molecule has 1 aliphatic rings. The Balaban J connectivity index is 2.11. The number of nitrogens with one attached hydrogen (secondary N) is 1. The van der Waals surface area contributed by atoms with Crippen LogP contribution in [0.25, 0.3) is 0 Å². The van der Waals surface area contributed by atoms with Crippen LogP contribution in [0.1, 0.15) is 18.4 Å². The van der Waals surface area contributed by atoms with Gasteiger partial charge in [-0.05, 0) is 31.0 Å². The number of benzene rings is 1. The second-order valence-corrected chi connectivity index (χ2v) is 6.26. The van der Waals surface area contributed by atoms with Crippen molar-refractivity contribution in [3.8, 4) is 0 Å². The molecule has 0 spiro atoms. The van der Waals surface area contributed by atoms with Crippen molar-refractivity contribution in [2.45, 2.75) is 25.1 Å². The van der Waals surface area contributed by atoms with Gasteiger partial charge in [-0.2, -0.15) is 13.2 Å². The molecule has 1 aromatic rings. The molecule has 0 unspecified atom stereocenters. The normalized spacial score (nSPS) is 24.2. The van der Waals surface area contributed by atoms with Gasteiger partial charge in [-0.3, -0.25) is 4.21 Å². The van der Waals surface area contributed by atoms with Crippen LogP contribution in [0, 0.1) is 0 Å². The maximum atomic E-state index is 12.7. The summed E-state index contributed by atoms with van der Waals surface area (Å²) in [6, 6.07) is 3.89. The van der Waals surface area contributed by atoms with Crippen molar-refractivity contribution < 1.29 is 17.4 Å². The molecule has 1 saturated heterocycles. The molecule has 0 atom stereocenters. The van der Waals surface area contributed by atoms with E-state index in [0.29, 0.717) is 30.0 Å². The average Bonchev–Trinajstić information content (AvgIpc) is 2.33. The fourth-order valence-electron chi connectivity index (χ4n) is 2.07. The van der Waals surface area contributed by atoms with Gasteiger partial charge >= 0.3 is 6.18 Å². The summed E-state index contributed by atoms with van der Waals surface area (Å²) in [6.07, 6.45) is -3.04. The molecular weight excluding hydrogens is 277 g/mol. The van der Waals surface area contributed by atoms with E-state index in [2.05, 4.69) is 5.32 Å². The molecule has 1 aliphatic heterocycles. The highest BCUT2D eigenvalue weighted by Crippen LogP contribution is 2.35. The van der Waals surface area contributed by atoms with Crippen LogP contribution in [0.2, 0.25) is 0 Å². The molecule has 106 valence electrons. The standard InChI is InChI=1S/C12H15F3N2OS/c13-12(14,15)10-7-9(1-2-11(10)16)17-8-3-5-19(18)6-4-8/h1-2,7-8,17H,3-6,16H2. The van der Waals surface area contributed by atoms with Gasteiger partial charge in [0.1, 0.15) is 0 Å². The fraction of sp³-hybridized carbons (Fsp3) is 0.500.